The third kappa shape index (κ3) is 2.97. The van der Waals surface area contributed by atoms with Crippen LogP contribution in [0.1, 0.15) is 18.4 Å². The topological polar surface area (TPSA) is 82.2 Å². The predicted octanol–water partition coefficient (Wildman–Crippen LogP) is 2.56. The van der Waals surface area contributed by atoms with Crippen LogP contribution < -0.4 is 4.90 Å². The van der Waals surface area contributed by atoms with Crippen molar-refractivity contribution in [2.75, 3.05) is 31.1 Å². The number of hydrogen-bond donors (Lipinski definition) is 1. The molecule has 1 N–H and O–H groups in total. The van der Waals surface area contributed by atoms with Crippen molar-refractivity contribution in [2.24, 2.45) is 5.41 Å². The van der Waals surface area contributed by atoms with Crippen molar-refractivity contribution in [1.29, 1.82) is 0 Å². The maximum atomic E-state index is 13.3. The molecule has 7 nitrogen and oxygen atoms in total. The number of fused-ring (bicyclic) bond motifs is 1. The minimum Gasteiger partial charge on any atom is -0.354 e. The number of sulfonamides is 1. The first-order valence-electron chi connectivity index (χ1n) is 9.57. The number of nitrogens with zero attached hydrogens (tertiary/aromatic N) is 4. The summed E-state index contributed by atoms with van der Waals surface area (Å²) in [5.41, 5.74) is 1.88. The molecule has 1 aromatic carbocycles. The summed E-state index contributed by atoms with van der Waals surface area (Å²) in [5.74, 6) is 0.882. The van der Waals surface area contributed by atoms with Crippen molar-refractivity contribution in [3.63, 3.8) is 0 Å². The Bertz CT molecular complexity index is 1120. The molecule has 0 unspecified atom stereocenters. The van der Waals surface area contributed by atoms with Gasteiger partial charge in [-0.2, -0.15) is 4.31 Å². The van der Waals surface area contributed by atoms with E-state index in [1.54, 1.807) is 22.8 Å². The molecular weight excluding hydrogens is 374 g/mol. The average molecular weight is 398 g/mol. The summed E-state index contributed by atoms with van der Waals surface area (Å²) >= 11 is 0. The van der Waals surface area contributed by atoms with E-state index in [0.717, 1.165) is 41.8 Å². The zero-order valence-corrected chi connectivity index (χ0v) is 16.6. The lowest BCUT2D eigenvalue weighted by Gasteiger charge is -2.25. The summed E-state index contributed by atoms with van der Waals surface area (Å²) in [6.07, 6.45) is 5.52. The maximum absolute atomic E-state index is 13.3. The van der Waals surface area contributed by atoms with Crippen LogP contribution in [0.4, 0.5) is 5.82 Å². The largest absolute Gasteiger partial charge is 0.354 e. The second-order valence-electron chi connectivity index (χ2n) is 8.01. The molecule has 5 rings (SSSR count). The Kier molecular flexibility index (Phi) is 3.96. The van der Waals surface area contributed by atoms with Gasteiger partial charge in [0.2, 0.25) is 10.0 Å². The molecule has 146 valence electrons. The molecule has 2 aromatic heterocycles. The molecule has 2 fully saturated rings. The van der Waals surface area contributed by atoms with E-state index in [1.807, 2.05) is 31.3 Å². The van der Waals surface area contributed by atoms with E-state index < -0.39 is 10.0 Å². The number of benzene rings is 1. The lowest BCUT2D eigenvalue weighted by atomic mass is 10.1. The Balaban J connectivity index is 1.47. The number of hydrogen-bond acceptors (Lipinski definition) is 5. The molecule has 8 heteroatoms. The van der Waals surface area contributed by atoms with E-state index >= 15 is 0 Å². The summed E-state index contributed by atoms with van der Waals surface area (Å²) in [5, 5.41) is 0.980. The quantitative estimate of drug-likeness (QED) is 0.734. The van der Waals surface area contributed by atoms with Gasteiger partial charge in [-0.25, -0.2) is 18.4 Å². The number of aromatic amines is 1. The Hall–Kier alpha value is -2.45. The van der Waals surface area contributed by atoms with Crippen molar-refractivity contribution < 1.29 is 8.42 Å². The van der Waals surface area contributed by atoms with Gasteiger partial charge in [0.1, 0.15) is 17.8 Å². The molecule has 0 atom stereocenters. The van der Waals surface area contributed by atoms with Crippen LogP contribution in [0.2, 0.25) is 0 Å². The molecule has 3 heterocycles. The van der Waals surface area contributed by atoms with Crippen molar-refractivity contribution >= 4 is 26.9 Å². The van der Waals surface area contributed by atoms with Gasteiger partial charge in [-0.1, -0.05) is 17.7 Å². The minimum absolute atomic E-state index is 0.0157. The first-order valence-corrected chi connectivity index (χ1v) is 11.0. The van der Waals surface area contributed by atoms with Crippen LogP contribution in [0, 0.1) is 12.3 Å². The molecule has 1 aliphatic heterocycles. The van der Waals surface area contributed by atoms with Gasteiger partial charge in [-0.05, 0) is 38.0 Å². The molecule has 2 aliphatic rings. The molecule has 1 saturated heterocycles. The first kappa shape index (κ1) is 17.6. The van der Waals surface area contributed by atoms with Crippen LogP contribution in [-0.4, -0.2) is 53.9 Å². The number of H-pyrrole nitrogens is 1. The highest BCUT2D eigenvalue weighted by atomic mass is 32.2. The van der Waals surface area contributed by atoms with Gasteiger partial charge in [-0.3, -0.25) is 0 Å². The second-order valence-corrected chi connectivity index (χ2v) is 9.95. The summed E-state index contributed by atoms with van der Waals surface area (Å²) in [7, 11) is -3.50. The van der Waals surface area contributed by atoms with E-state index in [2.05, 4.69) is 19.9 Å². The molecule has 0 bridgehead atoms. The Morgan fingerprint density at radius 1 is 1.04 bits per heavy atom. The molecule has 1 aliphatic carbocycles. The number of anilines is 1. The van der Waals surface area contributed by atoms with Gasteiger partial charge in [0, 0.05) is 37.8 Å². The van der Waals surface area contributed by atoms with Gasteiger partial charge in [0.15, 0.2) is 0 Å². The van der Waals surface area contributed by atoms with E-state index in [-0.39, 0.29) is 5.41 Å². The van der Waals surface area contributed by atoms with E-state index in [9.17, 15) is 8.42 Å². The smallest absolute Gasteiger partial charge is 0.243 e. The van der Waals surface area contributed by atoms with Crippen LogP contribution >= 0.6 is 0 Å². The molecular formula is C20H23N5O2S. The highest BCUT2D eigenvalue weighted by Crippen LogP contribution is 2.49. The van der Waals surface area contributed by atoms with E-state index in [1.165, 1.54) is 0 Å². The summed E-state index contributed by atoms with van der Waals surface area (Å²) in [4.78, 5) is 14.5. The van der Waals surface area contributed by atoms with Crippen LogP contribution in [0.25, 0.3) is 11.0 Å². The number of aryl methyl sites for hydroxylation is 1. The maximum Gasteiger partial charge on any atom is 0.243 e. The zero-order valence-electron chi connectivity index (χ0n) is 15.8. The molecule has 1 saturated carbocycles. The van der Waals surface area contributed by atoms with Crippen LogP contribution in [0.15, 0.2) is 47.8 Å². The highest BCUT2D eigenvalue weighted by Gasteiger charge is 2.49. The lowest BCUT2D eigenvalue weighted by Crippen LogP contribution is -2.36. The monoisotopic (exact) mass is 397 g/mol. The average Bonchev–Trinajstić information content (AvgIpc) is 3.33. The minimum atomic E-state index is -3.50. The first-order chi connectivity index (χ1) is 13.5. The molecule has 0 amide bonds. The van der Waals surface area contributed by atoms with Crippen LogP contribution in [0.3, 0.4) is 0 Å². The van der Waals surface area contributed by atoms with Crippen molar-refractivity contribution in [2.45, 2.75) is 24.7 Å². The Morgan fingerprint density at radius 2 is 1.82 bits per heavy atom. The molecule has 1 spiro atoms. The molecule has 0 radical (unpaired) electrons. The fourth-order valence-corrected chi connectivity index (χ4v) is 5.61. The fraction of sp³-hybridized carbons (Fsp3) is 0.400. The molecule has 3 aromatic rings. The molecule has 28 heavy (non-hydrogen) atoms. The number of aromatic nitrogens is 3. The summed E-state index contributed by atoms with van der Waals surface area (Å²) in [6, 6.07) is 9.11. The Morgan fingerprint density at radius 3 is 2.57 bits per heavy atom. The second kappa shape index (κ2) is 6.28. The van der Waals surface area contributed by atoms with Gasteiger partial charge in [0.05, 0.1) is 10.3 Å². The number of rotatable bonds is 3. The van der Waals surface area contributed by atoms with Crippen LogP contribution in [-0.2, 0) is 10.0 Å². The van der Waals surface area contributed by atoms with E-state index in [0.29, 0.717) is 24.5 Å². The van der Waals surface area contributed by atoms with Crippen molar-refractivity contribution in [1.82, 2.24) is 19.3 Å². The third-order valence-electron chi connectivity index (χ3n) is 5.91. The normalized spacial score (nSPS) is 19.8. The zero-order chi connectivity index (χ0) is 19.4. The standard InChI is InChI=1S/C20H23N5O2S/c1-15-2-4-16(5-3-15)28(26,27)25-11-10-24(12-20(13-25)7-8-20)19-17-6-9-21-18(17)22-14-23-19/h2-6,9,14H,7-8,10-13H2,1H3,(H,21,22,23). The van der Waals surface area contributed by atoms with Gasteiger partial charge >= 0.3 is 0 Å². The fourth-order valence-electron chi connectivity index (χ4n) is 4.07. The van der Waals surface area contributed by atoms with Crippen molar-refractivity contribution in [3.8, 4) is 0 Å². The predicted molar refractivity (Wildman–Crippen MR) is 108 cm³/mol. The van der Waals surface area contributed by atoms with E-state index in [4.69, 9.17) is 0 Å². The number of nitrogens with one attached hydrogen (secondary N) is 1. The highest BCUT2D eigenvalue weighted by molar-refractivity contribution is 7.89. The Labute approximate surface area is 164 Å². The SMILES string of the molecule is Cc1ccc(S(=O)(=O)N2CCN(c3ncnc4[nH]ccc34)CC3(CC3)C2)cc1. The van der Waals surface area contributed by atoms with Crippen molar-refractivity contribution in [3.05, 3.63) is 48.4 Å². The van der Waals surface area contributed by atoms with Gasteiger partial charge in [-0.15, -0.1) is 0 Å². The summed E-state index contributed by atoms with van der Waals surface area (Å²) in [6.45, 7) is 4.42. The summed E-state index contributed by atoms with van der Waals surface area (Å²) < 4.78 is 28.2. The third-order valence-corrected chi connectivity index (χ3v) is 7.77. The van der Waals surface area contributed by atoms with Crippen LogP contribution in [0.5, 0.6) is 0 Å². The lowest BCUT2D eigenvalue weighted by molar-refractivity contribution is 0.365. The van der Waals surface area contributed by atoms with Gasteiger partial charge in [0.25, 0.3) is 0 Å². The van der Waals surface area contributed by atoms with Gasteiger partial charge < -0.3 is 9.88 Å².